The Morgan fingerprint density at radius 2 is 1.97 bits per heavy atom. The van der Waals surface area contributed by atoms with Gasteiger partial charge in [-0.25, -0.2) is 14.4 Å². The molecule has 9 nitrogen and oxygen atoms in total. The van der Waals surface area contributed by atoms with Crippen molar-refractivity contribution in [1.82, 2.24) is 34.5 Å². The molecule has 0 aliphatic carbocycles. The van der Waals surface area contributed by atoms with Crippen LogP contribution in [0.3, 0.4) is 0 Å². The third kappa shape index (κ3) is 4.72. The summed E-state index contributed by atoms with van der Waals surface area (Å²) in [4.78, 5) is 26.7. The zero-order valence-corrected chi connectivity index (χ0v) is 20.8. The Morgan fingerprint density at radius 3 is 2.69 bits per heavy atom. The van der Waals surface area contributed by atoms with E-state index in [0.29, 0.717) is 29.8 Å². The lowest BCUT2D eigenvalue weighted by Crippen LogP contribution is -2.35. The van der Waals surface area contributed by atoms with Crippen molar-refractivity contribution in [3.05, 3.63) is 58.1 Å². The zero-order chi connectivity index (χ0) is 24.7. The van der Waals surface area contributed by atoms with Crippen LogP contribution in [0.25, 0.3) is 5.69 Å². The molecular weight excluding hydrogens is 471 g/mol. The molecule has 0 saturated carbocycles. The highest BCUT2D eigenvalue weighted by molar-refractivity contribution is 6.30. The highest BCUT2D eigenvalue weighted by atomic mass is 35.5. The maximum Gasteiger partial charge on any atom is 0.236 e. The van der Waals surface area contributed by atoms with Gasteiger partial charge in [0.1, 0.15) is 5.82 Å². The zero-order valence-electron chi connectivity index (χ0n) is 20.1. The monoisotopic (exact) mass is 498 g/mol. The molecular formula is C24H28ClFN8O. The van der Waals surface area contributed by atoms with Crippen LogP contribution in [0.2, 0.25) is 5.02 Å². The van der Waals surface area contributed by atoms with Crippen LogP contribution in [0.4, 0.5) is 10.3 Å². The molecule has 0 N–H and O–H groups in total. The number of hydrogen-bond acceptors (Lipinski definition) is 7. The Balaban J connectivity index is 1.42. The largest absolute Gasteiger partial charge is 0.348 e. The normalized spacial score (nSPS) is 16.5. The predicted octanol–water partition coefficient (Wildman–Crippen LogP) is 2.95. The van der Waals surface area contributed by atoms with Gasteiger partial charge in [-0.1, -0.05) is 11.6 Å². The summed E-state index contributed by atoms with van der Waals surface area (Å²) in [6, 6.07) is 5.85. The van der Waals surface area contributed by atoms with Crippen LogP contribution in [-0.4, -0.2) is 74.2 Å². The number of fused-ring (bicyclic) bond motifs is 3. The molecule has 0 spiro atoms. The van der Waals surface area contributed by atoms with Gasteiger partial charge >= 0.3 is 0 Å². The molecule has 0 unspecified atom stereocenters. The van der Waals surface area contributed by atoms with Gasteiger partial charge in [0.2, 0.25) is 11.9 Å². The minimum atomic E-state index is -0.394. The number of carbonyl (C=O) groups is 1. The van der Waals surface area contributed by atoms with Crippen LogP contribution in [0.5, 0.6) is 0 Å². The first kappa shape index (κ1) is 23.6. The van der Waals surface area contributed by atoms with E-state index in [9.17, 15) is 9.18 Å². The third-order valence-corrected chi connectivity index (χ3v) is 6.94. The molecule has 4 heterocycles. The molecule has 2 aliphatic heterocycles. The second-order valence-corrected chi connectivity index (χ2v) is 9.82. The number of piperidine rings is 1. The van der Waals surface area contributed by atoms with Gasteiger partial charge in [-0.3, -0.25) is 14.3 Å². The Hall–Kier alpha value is -3.11. The smallest absolute Gasteiger partial charge is 0.236 e. The van der Waals surface area contributed by atoms with Gasteiger partial charge in [0.15, 0.2) is 11.6 Å². The van der Waals surface area contributed by atoms with Gasteiger partial charge < -0.3 is 9.80 Å². The molecule has 0 atom stereocenters. The molecule has 0 bridgehead atoms. The molecule has 1 fully saturated rings. The van der Waals surface area contributed by atoms with E-state index in [4.69, 9.17) is 11.6 Å². The minimum absolute atomic E-state index is 0.0346. The number of rotatable bonds is 4. The van der Waals surface area contributed by atoms with Crippen molar-refractivity contribution >= 4 is 23.5 Å². The molecule has 0 radical (unpaired) electrons. The first-order valence-electron chi connectivity index (χ1n) is 11.7. The van der Waals surface area contributed by atoms with Crippen LogP contribution >= 0.6 is 11.6 Å². The van der Waals surface area contributed by atoms with E-state index in [2.05, 4.69) is 34.5 Å². The van der Waals surface area contributed by atoms with Crippen LogP contribution in [0.15, 0.2) is 24.4 Å². The Labute approximate surface area is 208 Å². The van der Waals surface area contributed by atoms with E-state index in [1.54, 1.807) is 25.9 Å². The van der Waals surface area contributed by atoms with Crippen LogP contribution in [0, 0.1) is 12.7 Å². The summed E-state index contributed by atoms with van der Waals surface area (Å²) in [6.45, 7) is 4.54. The van der Waals surface area contributed by atoms with Gasteiger partial charge in [-0.05, 0) is 43.5 Å². The van der Waals surface area contributed by atoms with Crippen LogP contribution in [0.1, 0.15) is 41.7 Å². The molecule has 2 aromatic heterocycles. The summed E-state index contributed by atoms with van der Waals surface area (Å²) in [5.74, 6) is 2.13. The quantitative estimate of drug-likeness (QED) is 0.547. The van der Waals surface area contributed by atoms with Crippen molar-refractivity contribution in [3.8, 4) is 5.69 Å². The van der Waals surface area contributed by atoms with Gasteiger partial charge in [0.05, 0.1) is 30.7 Å². The maximum absolute atomic E-state index is 13.6. The Kier molecular flexibility index (Phi) is 6.41. The van der Waals surface area contributed by atoms with Crippen LogP contribution < -0.4 is 4.90 Å². The maximum atomic E-state index is 13.6. The van der Waals surface area contributed by atoms with E-state index in [1.807, 2.05) is 18.2 Å². The number of aromatic nitrogens is 5. The first-order chi connectivity index (χ1) is 16.8. The number of nitrogens with zero attached hydrogens (tertiary/aromatic N) is 8. The average molecular weight is 499 g/mol. The van der Waals surface area contributed by atoms with E-state index in [-0.39, 0.29) is 18.4 Å². The van der Waals surface area contributed by atoms with Gasteiger partial charge in [0.25, 0.3) is 0 Å². The van der Waals surface area contributed by atoms with Crippen molar-refractivity contribution in [1.29, 1.82) is 0 Å². The lowest BCUT2D eigenvalue weighted by molar-refractivity contribution is -0.130. The van der Waals surface area contributed by atoms with Crippen LogP contribution in [-0.2, 0) is 17.9 Å². The molecule has 1 saturated heterocycles. The number of anilines is 1. The third-order valence-electron chi connectivity index (χ3n) is 6.70. The number of likely N-dealkylation sites (N-methyl/N-ethyl adjacent to an activating group) is 1. The summed E-state index contributed by atoms with van der Waals surface area (Å²) in [5, 5.41) is 9.82. The van der Waals surface area contributed by atoms with Crippen molar-refractivity contribution in [2.45, 2.75) is 38.8 Å². The topological polar surface area (TPSA) is 83.3 Å². The van der Waals surface area contributed by atoms with E-state index >= 15 is 0 Å². The summed E-state index contributed by atoms with van der Waals surface area (Å²) in [6.07, 6.45) is 2.93. The van der Waals surface area contributed by atoms with Gasteiger partial charge in [-0.2, -0.15) is 0 Å². The predicted molar refractivity (Wildman–Crippen MR) is 130 cm³/mol. The summed E-state index contributed by atoms with van der Waals surface area (Å²) >= 11 is 6.34. The fourth-order valence-corrected chi connectivity index (χ4v) is 4.92. The molecule has 11 heteroatoms. The molecule has 3 aromatic rings. The van der Waals surface area contributed by atoms with Crippen molar-refractivity contribution in [3.63, 3.8) is 0 Å². The molecule has 5 rings (SSSR count). The summed E-state index contributed by atoms with van der Waals surface area (Å²) in [5.41, 5.74) is 2.40. The highest BCUT2D eigenvalue weighted by Gasteiger charge is 2.31. The van der Waals surface area contributed by atoms with Gasteiger partial charge in [-0.15, -0.1) is 10.2 Å². The number of halogens is 2. The lowest BCUT2D eigenvalue weighted by Gasteiger charge is -2.31. The number of amides is 1. The van der Waals surface area contributed by atoms with E-state index < -0.39 is 5.82 Å². The van der Waals surface area contributed by atoms with Gasteiger partial charge in [0, 0.05) is 44.7 Å². The number of carbonyl (C=O) groups excluding carboxylic acids is 1. The number of benzene rings is 1. The van der Waals surface area contributed by atoms with Crippen molar-refractivity contribution < 1.29 is 9.18 Å². The average Bonchev–Trinajstić information content (AvgIpc) is 3.17. The van der Waals surface area contributed by atoms with E-state index in [0.717, 1.165) is 48.8 Å². The standard InChI is InChI=1S/C24H28ClFN8O/c1-15-19(26)11-27-24(28-15)33-8-6-16(7-9-33)23-30-29-21-13-32(14-22(35)31(2)3)12-17-10-18(25)4-5-20(17)34(21)23/h4-5,10-11,16H,6-9,12-14H2,1-3H3. The summed E-state index contributed by atoms with van der Waals surface area (Å²) in [7, 11) is 3.52. The minimum Gasteiger partial charge on any atom is -0.348 e. The Morgan fingerprint density at radius 1 is 1.20 bits per heavy atom. The SMILES string of the molecule is Cc1nc(N2CCC(c3nnc4n3-c3ccc(Cl)cc3CN(CC(=O)N(C)C)C4)CC2)ncc1F. The molecule has 1 aromatic carbocycles. The Bertz CT molecular complexity index is 1250. The van der Waals surface area contributed by atoms with Crippen molar-refractivity contribution in [2.24, 2.45) is 0 Å². The lowest BCUT2D eigenvalue weighted by atomic mass is 9.95. The number of aryl methyl sites for hydroxylation is 1. The summed E-state index contributed by atoms with van der Waals surface area (Å²) < 4.78 is 15.7. The molecule has 2 aliphatic rings. The second-order valence-electron chi connectivity index (χ2n) is 9.38. The van der Waals surface area contributed by atoms with Crippen molar-refractivity contribution in [2.75, 3.05) is 38.6 Å². The highest BCUT2D eigenvalue weighted by Crippen LogP contribution is 2.34. The first-order valence-corrected chi connectivity index (χ1v) is 12.1. The molecule has 1 amide bonds. The number of hydrogen-bond donors (Lipinski definition) is 0. The fraction of sp³-hybridized carbons (Fsp3) is 0.458. The second kappa shape index (κ2) is 9.50. The fourth-order valence-electron chi connectivity index (χ4n) is 4.73. The molecule has 184 valence electrons. The molecule has 35 heavy (non-hydrogen) atoms. The van der Waals surface area contributed by atoms with E-state index in [1.165, 1.54) is 6.20 Å².